The fraction of sp³-hybridized carbons (Fsp3) is 0.524. The third kappa shape index (κ3) is 4.17. The van der Waals surface area contributed by atoms with Crippen molar-refractivity contribution in [2.45, 2.75) is 52.4 Å². The van der Waals surface area contributed by atoms with Crippen LogP contribution < -0.4 is 5.32 Å². The van der Waals surface area contributed by atoms with E-state index in [9.17, 15) is 19.5 Å². The maximum Gasteiger partial charge on any atom is 0.309 e. The van der Waals surface area contributed by atoms with Gasteiger partial charge in [-0.3, -0.25) is 14.4 Å². The standard InChI is InChI=1S/C21H26N2O6/c1-11(2)12(3)19(26)22-13(4)16(24)9-14-10-18(25)29-21(14,27)20-23-15-7-5-6-8-17(15)28-20/h5-8,11-14,27H,9-10H2,1-4H3,(H,22,26)/t12-,13-,14-,21?/m0/s1. The molecular formula is C21H26N2O6. The van der Waals surface area contributed by atoms with Gasteiger partial charge >= 0.3 is 5.97 Å². The van der Waals surface area contributed by atoms with Crippen molar-refractivity contribution in [1.82, 2.24) is 10.3 Å². The smallest absolute Gasteiger partial charge is 0.309 e. The molecule has 1 aliphatic heterocycles. The number of amides is 1. The Morgan fingerprint density at radius 1 is 1.28 bits per heavy atom. The van der Waals surface area contributed by atoms with E-state index in [0.717, 1.165) is 0 Å². The highest BCUT2D eigenvalue weighted by atomic mass is 16.7. The summed E-state index contributed by atoms with van der Waals surface area (Å²) < 4.78 is 10.7. The van der Waals surface area contributed by atoms with E-state index in [1.54, 1.807) is 38.1 Å². The van der Waals surface area contributed by atoms with Gasteiger partial charge in [0, 0.05) is 12.3 Å². The number of fused-ring (bicyclic) bond motifs is 1. The van der Waals surface area contributed by atoms with E-state index in [0.29, 0.717) is 11.1 Å². The molecule has 2 heterocycles. The minimum atomic E-state index is -2.12. The molecule has 1 saturated heterocycles. The third-order valence-corrected chi connectivity index (χ3v) is 5.54. The van der Waals surface area contributed by atoms with Crippen LogP contribution >= 0.6 is 0 Å². The van der Waals surface area contributed by atoms with Crippen LogP contribution in [0.15, 0.2) is 28.7 Å². The first kappa shape index (κ1) is 21.0. The lowest BCUT2D eigenvalue weighted by Gasteiger charge is -2.25. The lowest BCUT2D eigenvalue weighted by atomic mass is 9.90. The van der Waals surface area contributed by atoms with Crippen LogP contribution in [0.1, 0.15) is 46.4 Å². The number of nitrogens with one attached hydrogen (secondary N) is 1. The van der Waals surface area contributed by atoms with Crippen molar-refractivity contribution in [3.05, 3.63) is 30.2 Å². The number of Topliss-reactive ketones (excluding diaryl/α,β-unsaturated/α-hetero) is 1. The summed E-state index contributed by atoms with van der Waals surface area (Å²) in [4.78, 5) is 41.0. The molecule has 8 nitrogen and oxygen atoms in total. The third-order valence-electron chi connectivity index (χ3n) is 5.54. The molecule has 156 valence electrons. The van der Waals surface area contributed by atoms with E-state index in [2.05, 4.69) is 10.3 Å². The molecule has 0 spiro atoms. The number of esters is 1. The summed E-state index contributed by atoms with van der Waals surface area (Å²) in [6.45, 7) is 7.24. The Labute approximate surface area is 168 Å². The zero-order valence-electron chi connectivity index (χ0n) is 17.0. The Kier molecular flexibility index (Phi) is 5.75. The SMILES string of the molecule is CC(C)[C@H](C)C(=O)N[C@@H](C)C(=O)C[C@H]1CC(=O)OC1(O)c1nc2ccccc2o1. The number of cyclic esters (lactones) is 1. The first-order chi connectivity index (χ1) is 13.6. The molecule has 8 heteroatoms. The van der Waals surface area contributed by atoms with Crippen LogP contribution in [-0.2, 0) is 24.9 Å². The van der Waals surface area contributed by atoms with Crippen LogP contribution in [0, 0.1) is 17.8 Å². The molecule has 1 amide bonds. The van der Waals surface area contributed by atoms with E-state index >= 15 is 0 Å². The zero-order chi connectivity index (χ0) is 21.3. The normalized spacial score (nSPS) is 23.8. The highest BCUT2D eigenvalue weighted by molar-refractivity contribution is 5.90. The molecule has 1 aliphatic rings. The number of oxazole rings is 1. The van der Waals surface area contributed by atoms with Crippen molar-refractivity contribution >= 4 is 28.8 Å². The number of hydrogen-bond acceptors (Lipinski definition) is 7. The van der Waals surface area contributed by atoms with Gasteiger partial charge in [0.15, 0.2) is 11.4 Å². The van der Waals surface area contributed by atoms with Crippen LogP contribution in [0.5, 0.6) is 0 Å². The molecule has 1 unspecified atom stereocenters. The second-order valence-electron chi connectivity index (χ2n) is 7.99. The largest absolute Gasteiger partial charge is 0.435 e. The molecule has 2 N–H and O–H groups in total. The molecule has 2 aromatic rings. The molecule has 1 aromatic carbocycles. The van der Waals surface area contributed by atoms with Gasteiger partial charge in [-0.2, -0.15) is 0 Å². The Hall–Kier alpha value is -2.74. The Morgan fingerprint density at radius 3 is 2.62 bits per heavy atom. The molecule has 1 aromatic heterocycles. The maximum atomic E-state index is 12.7. The maximum absolute atomic E-state index is 12.7. The van der Waals surface area contributed by atoms with E-state index in [1.807, 2.05) is 13.8 Å². The molecule has 29 heavy (non-hydrogen) atoms. The number of ketones is 1. The summed E-state index contributed by atoms with van der Waals surface area (Å²) in [5.41, 5.74) is 0.944. The number of carbonyl (C=O) groups is 3. The molecule has 3 rings (SSSR count). The van der Waals surface area contributed by atoms with Gasteiger partial charge in [-0.25, -0.2) is 4.98 Å². The zero-order valence-corrected chi connectivity index (χ0v) is 17.0. The van der Waals surface area contributed by atoms with Crippen molar-refractivity contribution in [2.24, 2.45) is 17.8 Å². The second-order valence-corrected chi connectivity index (χ2v) is 7.99. The Morgan fingerprint density at radius 2 is 1.97 bits per heavy atom. The lowest BCUT2D eigenvalue weighted by Crippen LogP contribution is -2.44. The number of nitrogens with zero attached hydrogens (tertiary/aromatic N) is 1. The summed E-state index contributed by atoms with van der Waals surface area (Å²) in [5, 5.41) is 13.7. The molecule has 0 aliphatic carbocycles. The summed E-state index contributed by atoms with van der Waals surface area (Å²) in [6, 6.07) is 6.15. The number of rotatable bonds is 7. The van der Waals surface area contributed by atoms with Crippen LogP contribution in [0.3, 0.4) is 0 Å². The van der Waals surface area contributed by atoms with Gasteiger partial charge in [0.2, 0.25) is 5.91 Å². The van der Waals surface area contributed by atoms with Crippen molar-refractivity contribution in [2.75, 3.05) is 0 Å². The average Bonchev–Trinajstić information content (AvgIpc) is 3.22. The van der Waals surface area contributed by atoms with Gasteiger partial charge < -0.3 is 19.6 Å². The fourth-order valence-electron chi connectivity index (χ4n) is 3.24. The Balaban J connectivity index is 1.75. The first-order valence-corrected chi connectivity index (χ1v) is 9.75. The predicted octanol–water partition coefficient (Wildman–Crippen LogP) is 2.29. The Bertz CT molecular complexity index is 903. The van der Waals surface area contributed by atoms with Crippen LogP contribution in [0.2, 0.25) is 0 Å². The van der Waals surface area contributed by atoms with Crippen molar-refractivity contribution in [3.63, 3.8) is 0 Å². The average molecular weight is 402 g/mol. The van der Waals surface area contributed by atoms with E-state index in [4.69, 9.17) is 9.15 Å². The number of carbonyl (C=O) groups excluding carboxylic acids is 3. The lowest BCUT2D eigenvalue weighted by molar-refractivity contribution is -0.219. The number of aliphatic hydroxyl groups is 1. The van der Waals surface area contributed by atoms with Crippen molar-refractivity contribution in [3.8, 4) is 0 Å². The predicted molar refractivity (Wildman–Crippen MR) is 103 cm³/mol. The number of para-hydroxylation sites is 2. The van der Waals surface area contributed by atoms with Crippen LogP contribution in [-0.4, -0.2) is 33.8 Å². The quantitative estimate of drug-likeness (QED) is 0.682. The van der Waals surface area contributed by atoms with Crippen molar-refractivity contribution in [1.29, 1.82) is 0 Å². The van der Waals surface area contributed by atoms with Gasteiger partial charge in [0.25, 0.3) is 11.7 Å². The van der Waals surface area contributed by atoms with Gasteiger partial charge in [0.1, 0.15) is 5.52 Å². The van der Waals surface area contributed by atoms with E-state index in [1.165, 1.54) is 0 Å². The summed E-state index contributed by atoms with van der Waals surface area (Å²) in [7, 11) is 0. The number of hydrogen-bond donors (Lipinski definition) is 2. The molecule has 0 bridgehead atoms. The van der Waals surface area contributed by atoms with Gasteiger partial charge in [-0.15, -0.1) is 0 Å². The molecular weight excluding hydrogens is 376 g/mol. The number of ether oxygens (including phenoxy) is 1. The summed E-state index contributed by atoms with van der Waals surface area (Å²) >= 11 is 0. The van der Waals surface area contributed by atoms with Gasteiger partial charge in [-0.05, 0) is 25.0 Å². The monoisotopic (exact) mass is 402 g/mol. The molecule has 4 atom stereocenters. The minimum absolute atomic E-state index is 0.141. The van der Waals surface area contributed by atoms with E-state index < -0.39 is 23.7 Å². The topological polar surface area (TPSA) is 119 Å². The molecule has 1 fully saturated rings. The molecule has 0 saturated carbocycles. The second kappa shape index (κ2) is 7.94. The molecule has 0 radical (unpaired) electrons. The number of benzene rings is 1. The van der Waals surface area contributed by atoms with Gasteiger partial charge in [-0.1, -0.05) is 32.9 Å². The highest BCUT2D eigenvalue weighted by Gasteiger charge is 2.54. The van der Waals surface area contributed by atoms with Gasteiger partial charge in [0.05, 0.1) is 18.4 Å². The summed E-state index contributed by atoms with van der Waals surface area (Å²) in [6.07, 6.45) is -0.317. The number of aromatic nitrogens is 1. The highest BCUT2D eigenvalue weighted by Crippen LogP contribution is 2.42. The first-order valence-electron chi connectivity index (χ1n) is 9.75. The van der Waals surface area contributed by atoms with E-state index in [-0.39, 0.29) is 42.3 Å². The minimum Gasteiger partial charge on any atom is -0.435 e. The fourth-order valence-corrected chi connectivity index (χ4v) is 3.24. The van der Waals surface area contributed by atoms with Crippen LogP contribution in [0.4, 0.5) is 0 Å². The van der Waals surface area contributed by atoms with Crippen LogP contribution in [0.25, 0.3) is 11.1 Å². The summed E-state index contributed by atoms with van der Waals surface area (Å²) in [5.74, 6) is -4.41. The van der Waals surface area contributed by atoms with Crippen molar-refractivity contribution < 1.29 is 28.6 Å².